The van der Waals surface area contributed by atoms with Crippen LogP contribution in [-0.4, -0.2) is 49.9 Å². The van der Waals surface area contributed by atoms with E-state index >= 15 is 0 Å². The molecule has 12 heteroatoms. The van der Waals surface area contributed by atoms with Crippen LogP contribution in [0.2, 0.25) is 0 Å². The predicted molar refractivity (Wildman–Crippen MR) is 166 cm³/mol. The molecular formula is C31H32N4O6S2. The van der Waals surface area contributed by atoms with Crippen LogP contribution in [0.3, 0.4) is 0 Å². The molecule has 0 aliphatic carbocycles. The summed E-state index contributed by atoms with van der Waals surface area (Å²) in [5.41, 5.74) is 2.07. The molecule has 0 spiro atoms. The number of thiazole rings is 1. The van der Waals surface area contributed by atoms with E-state index < -0.39 is 16.4 Å². The van der Waals surface area contributed by atoms with Gasteiger partial charge in [0.1, 0.15) is 27.2 Å². The molecule has 1 N–H and O–H groups in total. The fraction of sp³-hybridized carbons (Fsp3) is 0.323. The van der Waals surface area contributed by atoms with E-state index in [1.807, 2.05) is 32.1 Å². The molecule has 1 saturated heterocycles. The standard InChI is InChI=1S/C31H32N4O6S2/c1-4-16-39-43(36,37)26-15-12-21(2)30(31(26)41-29-11-7-8-17-38-29)40-23-13-14-24-25(18-23)42-28(35-24)10-6-5-9-22-19-34-27(32-3)20-33-22/h6,10,12-15,18-20,29H,4,7-8,11,16-17H2,1-3H3,(H,32,34)/b10-6+. The largest absolute Gasteiger partial charge is 0.460 e. The lowest BCUT2D eigenvalue weighted by atomic mass is 10.2. The minimum absolute atomic E-state index is 0.0635. The Labute approximate surface area is 255 Å². The number of fused-ring (bicyclic) bond motifs is 1. The first-order valence-electron chi connectivity index (χ1n) is 13.9. The molecule has 0 amide bonds. The number of nitrogens with zero attached hydrogens (tertiary/aromatic N) is 3. The van der Waals surface area contributed by atoms with Crippen LogP contribution in [0, 0.1) is 18.8 Å². The Balaban J connectivity index is 1.40. The Hall–Kier alpha value is -4.02. The van der Waals surface area contributed by atoms with E-state index in [9.17, 15) is 8.42 Å². The maximum Gasteiger partial charge on any atom is 0.300 e. The lowest BCUT2D eigenvalue weighted by molar-refractivity contribution is -0.107. The normalized spacial score (nSPS) is 15.3. The van der Waals surface area contributed by atoms with Gasteiger partial charge < -0.3 is 19.5 Å². The van der Waals surface area contributed by atoms with E-state index in [0.717, 1.165) is 28.1 Å². The van der Waals surface area contributed by atoms with Crippen molar-refractivity contribution < 1.29 is 26.8 Å². The summed E-state index contributed by atoms with van der Waals surface area (Å²) in [6.45, 7) is 4.29. The van der Waals surface area contributed by atoms with Gasteiger partial charge in [0.05, 0.1) is 35.8 Å². The summed E-state index contributed by atoms with van der Waals surface area (Å²) in [7, 11) is -2.32. The molecule has 2 aromatic heterocycles. The number of aromatic nitrogens is 3. The summed E-state index contributed by atoms with van der Waals surface area (Å²) in [6.07, 6.45) is 9.24. The van der Waals surface area contributed by atoms with Gasteiger partial charge in [0, 0.05) is 19.5 Å². The lowest BCUT2D eigenvalue weighted by Gasteiger charge is -2.26. The third kappa shape index (κ3) is 7.69. The van der Waals surface area contributed by atoms with Crippen LogP contribution in [0.5, 0.6) is 17.2 Å². The first kappa shape index (κ1) is 30.4. The fourth-order valence-corrected chi connectivity index (χ4v) is 6.21. The number of rotatable bonds is 10. The Bertz CT molecular complexity index is 1770. The van der Waals surface area contributed by atoms with Gasteiger partial charge in [-0.05, 0) is 68.0 Å². The highest BCUT2D eigenvalue weighted by Crippen LogP contribution is 2.42. The van der Waals surface area contributed by atoms with E-state index in [0.29, 0.717) is 48.0 Å². The molecule has 4 aromatic rings. The number of aryl methyl sites for hydroxylation is 1. The third-order valence-corrected chi connectivity index (χ3v) is 8.71. The first-order chi connectivity index (χ1) is 20.9. The average molecular weight is 621 g/mol. The molecule has 2 aromatic carbocycles. The second kappa shape index (κ2) is 14.0. The zero-order chi connectivity index (χ0) is 30.2. The van der Waals surface area contributed by atoms with Crippen molar-refractivity contribution >= 4 is 43.6 Å². The molecule has 1 atom stereocenters. The number of nitrogens with one attached hydrogen (secondary N) is 1. The Kier molecular flexibility index (Phi) is 9.89. The number of hydrogen-bond donors (Lipinski definition) is 1. The van der Waals surface area contributed by atoms with E-state index in [4.69, 9.17) is 18.4 Å². The second-order valence-corrected chi connectivity index (χ2v) is 12.3. The van der Waals surface area contributed by atoms with Gasteiger partial charge in [-0.1, -0.05) is 18.9 Å². The number of benzene rings is 2. The molecule has 0 radical (unpaired) electrons. The highest BCUT2D eigenvalue weighted by Gasteiger charge is 2.29. The maximum atomic E-state index is 13.1. The Morgan fingerprint density at radius 2 is 2.05 bits per heavy atom. The highest BCUT2D eigenvalue weighted by molar-refractivity contribution is 7.86. The Morgan fingerprint density at radius 3 is 2.79 bits per heavy atom. The zero-order valence-corrected chi connectivity index (χ0v) is 25.8. The summed E-state index contributed by atoms with van der Waals surface area (Å²) in [5, 5.41) is 3.69. The van der Waals surface area contributed by atoms with Crippen LogP contribution >= 0.6 is 11.3 Å². The van der Waals surface area contributed by atoms with Crippen molar-refractivity contribution in [2.24, 2.45) is 0 Å². The molecule has 5 rings (SSSR count). The highest BCUT2D eigenvalue weighted by atomic mass is 32.2. The molecule has 1 unspecified atom stereocenters. The van der Waals surface area contributed by atoms with E-state index in [2.05, 4.69) is 32.1 Å². The quantitative estimate of drug-likeness (QED) is 0.159. The van der Waals surface area contributed by atoms with Crippen molar-refractivity contribution in [1.29, 1.82) is 0 Å². The van der Waals surface area contributed by atoms with Crippen LogP contribution in [0.4, 0.5) is 5.82 Å². The van der Waals surface area contributed by atoms with Crippen LogP contribution in [0.15, 0.2) is 53.7 Å². The molecule has 224 valence electrons. The van der Waals surface area contributed by atoms with Crippen molar-refractivity contribution in [3.8, 4) is 29.1 Å². The van der Waals surface area contributed by atoms with Gasteiger partial charge in [0.25, 0.3) is 0 Å². The minimum Gasteiger partial charge on any atom is -0.460 e. The van der Waals surface area contributed by atoms with Crippen molar-refractivity contribution in [2.75, 3.05) is 25.6 Å². The van der Waals surface area contributed by atoms with Crippen LogP contribution in [0.25, 0.3) is 16.3 Å². The van der Waals surface area contributed by atoms with Gasteiger partial charge in [0.15, 0.2) is 17.8 Å². The minimum atomic E-state index is -4.10. The van der Waals surface area contributed by atoms with Crippen molar-refractivity contribution in [2.45, 2.75) is 50.7 Å². The molecule has 1 aliphatic heterocycles. The zero-order valence-electron chi connectivity index (χ0n) is 24.1. The number of anilines is 1. The summed E-state index contributed by atoms with van der Waals surface area (Å²) in [6, 6.07) is 8.68. The third-order valence-electron chi connectivity index (χ3n) is 6.39. The van der Waals surface area contributed by atoms with Gasteiger partial charge in [-0.3, -0.25) is 4.18 Å². The first-order valence-corrected chi connectivity index (χ1v) is 16.2. The molecule has 0 bridgehead atoms. The molecule has 1 fully saturated rings. The van der Waals surface area contributed by atoms with Crippen LogP contribution < -0.4 is 14.8 Å². The average Bonchev–Trinajstić information content (AvgIpc) is 3.43. The van der Waals surface area contributed by atoms with Gasteiger partial charge >= 0.3 is 10.1 Å². The number of hydrogen-bond acceptors (Lipinski definition) is 11. The summed E-state index contributed by atoms with van der Waals surface area (Å²) in [5.74, 6) is 7.47. The molecular weight excluding hydrogens is 588 g/mol. The van der Waals surface area contributed by atoms with Crippen LogP contribution in [-0.2, 0) is 19.0 Å². The summed E-state index contributed by atoms with van der Waals surface area (Å²) >= 11 is 1.48. The van der Waals surface area contributed by atoms with E-state index in [-0.39, 0.29) is 17.3 Å². The second-order valence-electron chi connectivity index (χ2n) is 9.65. The molecule has 3 heterocycles. The smallest absolute Gasteiger partial charge is 0.300 e. The topological polar surface area (TPSA) is 122 Å². The van der Waals surface area contributed by atoms with Gasteiger partial charge in [-0.15, -0.1) is 11.3 Å². The van der Waals surface area contributed by atoms with E-state index in [1.165, 1.54) is 17.4 Å². The van der Waals surface area contributed by atoms with Crippen molar-refractivity contribution in [3.63, 3.8) is 0 Å². The lowest BCUT2D eigenvalue weighted by Crippen LogP contribution is -2.26. The number of allylic oxidation sites excluding steroid dienone is 1. The van der Waals surface area contributed by atoms with Gasteiger partial charge in [-0.2, -0.15) is 8.42 Å². The van der Waals surface area contributed by atoms with Crippen LogP contribution in [0.1, 0.15) is 48.9 Å². The molecule has 1 aliphatic rings. The fourth-order valence-electron chi connectivity index (χ4n) is 4.20. The SMILES string of the molecule is CCCOS(=O)(=O)c1ccc(C)c(Oc2ccc3nc(/C=C/C#Cc4cnc(NC)cn4)sc3c2)c1OC1CCCCO1. The molecule has 10 nitrogen and oxygen atoms in total. The maximum absolute atomic E-state index is 13.1. The van der Waals surface area contributed by atoms with Gasteiger partial charge in [0.2, 0.25) is 0 Å². The van der Waals surface area contributed by atoms with Crippen molar-refractivity contribution in [3.05, 3.63) is 65.1 Å². The van der Waals surface area contributed by atoms with Crippen molar-refractivity contribution in [1.82, 2.24) is 15.0 Å². The monoisotopic (exact) mass is 620 g/mol. The van der Waals surface area contributed by atoms with Gasteiger partial charge in [-0.25, -0.2) is 15.0 Å². The summed E-state index contributed by atoms with van der Waals surface area (Å²) in [4.78, 5) is 13.0. The predicted octanol–water partition coefficient (Wildman–Crippen LogP) is 6.31. The summed E-state index contributed by atoms with van der Waals surface area (Å²) < 4.78 is 50.7. The molecule has 43 heavy (non-hydrogen) atoms. The number of ether oxygens (including phenoxy) is 3. The Morgan fingerprint density at radius 1 is 1.16 bits per heavy atom. The molecule has 0 saturated carbocycles. The van der Waals surface area contributed by atoms with E-state index in [1.54, 1.807) is 37.7 Å².